The lowest BCUT2D eigenvalue weighted by molar-refractivity contribution is -0.116. The van der Waals surface area contributed by atoms with E-state index in [1.54, 1.807) is 24.4 Å². The fraction of sp³-hybridized carbons (Fsp3) is 0.105. The van der Waals surface area contributed by atoms with E-state index in [0.29, 0.717) is 16.9 Å². The van der Waals surface area contributed by atoms with Crippen molar-refractivity contribution < 1.29 is 23.1 Å². The SMILES string of the molecule is CS(=O)(=O)N1C(=O)Cc2cc(-c3ccc(-c4cncc(NC(=O)O)c4)s3)ccc21. The molecule has 0 atom stereocenters. The third-order valence-electron chi connectivity index (χ3n) is 4.36. The molecular formula is C19H15N3O5S2. The Labute approximate surface area is 170 Å². The molecule has 10 heteroatoms. The van der Waals surface area contributed by atoms with E-state index in [4.69, 9.17) is 5.11 Å². The minimum Gasteiger partial charge on any atom is -0.465 e. The van der Waals surface area contributed by atoms with Gasteiger partial charge in [0.2, 0.25) is 15.9 Å². The molecule has 0 radical (unpaired) electrons. The van der Waals surface area contributed by atoms with Gasteiger partial charge in [-0.3, -0.25) is 15.1 Å². The number of aromatic nitrogens is 1. The zero-order valence-corrected chi connectivity index (χ0v) is 16.8. The number of amides is 2. The molecule has 4 rings (SSSR count). The molecular weight excluding hydrogens is 414 g/mol. The average molecular weight is 429 g/mol. The average Bonchev–Trinajstić information content (AvgIpc) is 3.24. The number of anilines is 2. The summed E-state index contributed by atoms with van der Waals surface area (Å²) in [5.74, 6) is -0.458. The molecule has 0 spiro atoms. The van der Waals surface area contributed by atoms with Crippen LogP contribution in [-0.4, -0.2) is 36.8 Å². The predicted molar refractivity (Wildman–Crippen MR) is 111 cm³/mol. The van der Waals surface area contributed by atoms with Crippen molar-refractivity contribution >= 4 is 44.7 Å². The number of rotatable bonds is 4. The summed E-state index contributed by atoms with van der Waals surface area (Å²) in [5, 5.41) is 11.1. The molecule has 8 nitrogen and oxygen atoms in total. The van der Waals surface area contributed by atoms with Crippen LogP contribution in [0.5, 0.6) is 0 Å². The van der Waals surface area contributed by atoms with Gasteiger partial charge in [-0.2, -0.15) is 0 Å². The van der Waals surface area contributed by atoms with Gasteiger partial charge in [0.15, 0.2) is 0 Å². The Bertz CT molecular complexity index is 1250. The zero-order chi connectivity index (χ0) is 20.8. The molecule has 0 unspecified atom stereocenters. The van der Waals surface area contributed by atoms with Crippen LogP contribution in [0.2, 0.25) is 0 Å². The first-order chi connectivity index (χ1) is 13.7. The highest BCUT2D eigenvalue weighted by Gasteiger charge is 2.34. The van der Waals surface area contributed by atoms with Gasteiger partial charge >= 0.3 is 6.09 Å². The number of thiophene rings is 1. The number of carbonyl (C=O) groups is 2. The van der Waals surface area contributed by atoms with Gasteiger partial charge in [0, 0.05) is 21.5 Å². The van der Waals surface area contributed by atoms with Crippen LogP contribution in [0.3, 0.4) is 0 Å². The first kappa shape index (κ1) is 19.1. The summed E-state index contributed by atoms with van der Waals surface area (Å²) in [5.41, 5.74) is 3.08. The van der Waals surface area contributed by atoms with Crippen LogP contribution in [0.15, 0.2) is 48.8 Å². The van der Waals surface area contributed by atoms with Crippen molar-refractivity contribution in [2.75, 3.05) is 15.9 Å². The third-order valence-corrected chi connectivity index (χ3v) is 6.61. The Balaban J connectivity index is 1.66. The molecule has 2 aromatic heterocycles. The number of benzene rings is 1. The Morgan fingerprint density at radius 1 is 1.14 bits per heavy atom. The zero-order valence-electron chi connectivity index (χ0n) is 15.1. The standard InChI is InChI=1S/C19H15N3O5S2/c1-29(26,27)22-15-3-2-11(6-12(15)8-18(22)23)16-4-5-17(28-16)13-7-14(10-20-9-13)21-19(24)25/h2-7,9-10,21H,8H2,1H3,(H,24,25). The maximum Gasteiger partial charge on any atom is 0.409 e. The Morgan fingerprint density at radius 3 is 2.55 bits per heavy atom. The summed E-state index contributed by atoms with van der Waals surface area (Å²) >= 11 is 1.49. The van der Waals surface area contributed by atoms with E-state index in [9.17, 15) is 18.0 Å². The normalized spacial score (nSPS) is 13.4. The van der Waals surface area contributed by atoms with Crippen LogP contribution < -0.4 is 9.62 Å². The largest absolute Gasteiger partial charge is 0.465 e. The topological polar surface area (TPSA) is 117 Å². The lowest BCUT2D eigenvalue weighted by Gasteiger charge is -2.14. The second-order valence-corrected chi connectivity index (χ2v) is 9.41. The Kier molecular flexibility index (Phi) is 4.59. The van der Waals surface area contributed by atoms with E-state index >= 15 is 0 Å². The van der Waals surface area contributed by atoms with Crippen LogP contribution in [0, 0.1) is 0 Å². The van der Waals surface area contributed by atoms with Crippen molar-refractivity contribution in [2.45, 2.75) is 6.42 Å². The first-order valence-corrected chi connectivity index (χ1v) is 11.1. The van der Waals surface area contributed by atoms with E-state index in [2.05, 4.69) is 10.3 Å². The fourth-order valence-corrected chi connectivity index (χ4v) is 5.18. The number of carbonyl (C=O) groups excluding carboxylic acids is 1. The first-order valence-electron chi connectivity index (χ1n) is 8.44. The molecule has 0 fully saturated rings. The second-order valence-electron chi connectivity index (χ2n) is 6.50. The molecule has 1 aromatic carbocycles. The van der Waals surface area contributed by atoms with Crippen molar-refractivity contribution in [2.24, 2.45) is 0 Å². The summed E-state index contributed by atoms with van der Waals surface area (Å²) < 4.78 is 24.6. The minimum absolute atomic E-state index is 0.0430. The number of fused-ring (bicyclic) bond motifs is 1. The number of hydrogen-bond acceptors (Lipinski definition) is 6. The van der Waals surface area contributed by atoms with Crippen LogP contribution in [0.4, 0.5) is 16.2 Å². The highest BCUT2D eigenvalue weighted by Crippen LogP contribution is 2.39. The maximum atomic E-state index is 12.1. The number of nitrogens with zero attached hydrogens (tertiary/aromatic N) is 2. The number of hydrogen-bond donors (Lipinski definition) is 2. The Morgan fingerprint density at radius 2 is 1.86 bits per heavy atom. The molecule has 1 aliphatic heterocycles. The Hall–Kier alpha value is -3.24. The van der Waals surface area contributed by atoms with Crippen molar-refractivity contribution in [3.8, 4) is 20.9 Å². The van der Waals surface area contributed by atoms with Gasteiger partial charge in [0.25, 0.3) is 0 Å². The number of sulfonamides is 1. The van der Waals surface area contributed by atoms with E-state index in [1.807, 2.05) is 18.2 Å². The van der Waals surface area contributed by atoms with Crippen molar-refractivity contribution in [1.29, 1.82) is 0 Å². The van der Waals surface area contributed by atoms with Gasteiger partial charge in [-0.25, -0.2) is 17.5 Å². The third kappa shape index (κ3) is 3.71. The quantitative estimate of drug-likeness (QED) is 0.656. The van der Waals surface area contributed by atoms with Crippen LogP contribution in [-0.2, 0) is 21.2 Å². The molecule has 2 N–H and O–H groups in total. The highest BCUT2D eigenvalue weighted by molar-refractivity contribution is 7.92. The highest BCUT2D eigenvalue weighted by atomic mass is 32.2. The lowest BCUT2D eigenvalue weighted by atomic mass is 10.1. The molecule has 3 aromatic rings. The molecule has 1 aliphatic rings. The number of carboxylic acid groups (broad SMARTS) is 1. The van der Waals surface area contributed by atoms with Gasteiger partial charge in [-0.05, 0) is 41.5 Å². The summed E-state index contributed by atoms with van der Waals surface area (Å²) in [6, 6.07) is 10.8. The summed E-state index contributed by atoms with van der Waals surface area (Å²) in [6.07, 6.45) is 2.97. The molecule has 0 saturated carbocycles. The van der Waals surface area contributed by atoms with Gasteiger partial charge < -0.3 is 5.11 Å². The van der Waals surface area contributed by atoms with Crippen molar-refractivity contribution in [1.82, 2.24) is 4.98 Å². The molecule has 148 valence electrons. The van der Waals surface area contributed by atoms with Crippen LogP contribution in [0.1, 0.15) is 5.56 Å². The minimum atomic E-state index is -3.66. The predicted octanol–water partition coefficient (Wildman–Crippen LogP) is 3.42. The summed E-state index contributed by atoms with van der Waals surface area (Å²) in [4.78, 5) is 28.8. The monoisotopic (exact) mass is 429 g/mol. The number of nitrogens with one attached hydrogen (secondary N) is 1. The molecule has 29 heavy (non-hydrogen) atoms. The maximum absolute atomic E-state index is 12.1. The molecule has 0 aliphatic carbocycles. The molecule has 0 bridgehead atoms. The van der Waals surface area contributed by atoms with Gasteiger partial charge in [-0.1, -0.05) is 6.07 Å². The fourth-order valence-electron chi connectivity index (χ4n) is 3.23. The smallest absolute Gasteiger partial charge is 0.409 e. The van der Waals surface area contributed by atoms with Crippen molar-refractivity contribution in [3.63, 3.8) is 0 Å². The van der Waals surface area contributed by atoms with E-state index in [1.165, 1.54) is 17.5 Å². The summed E-state index contributed by atoms with van der Waals surface area (Å²) in [7, 11) is -3.66. The second kappa shape index (κ2) is 6.98. The van der Waals surface area contributed by atoms with Gasteiger partial charge in [0.1, 0.15) is 0 Å². The summed E-state index contributed by atoms with van der Waals surface area (Å²) in [6.45, 7) is 0. The number of pyridine rings is 1. The van der Waals surface area contributed by atoms with E-state index < -0.39 is 22.0 Å². The van der Waals surface area contributed by atoms with Crippen molar-refractivity contribution in [3.05, 3.63) is 54.4 Å². The molecule has 2 amide bonds. The van der Waals surface area contributed by atoms with Crippen LogP contribution in [0.25, 0.3) is 20.9 Å². The van der Waals surface area contributed by atoms with Crippen LogP contribution >= 0.6 is 11.3 Å². The van der Waals surface area contributed by atoms with Gasteiger partial charge in [-0.15, -0.1) is 11.3 Å². The molecule has 0 saturated heterocycles. The van der Waals surface area contributed by atoms with Gasteiger partial charge in [0.05, 0.1) is 30.2 Å². The lowest BCUT2D eigenvalue weighted by Crippen LogP contribution is -2.32. The van der Waals surface area contributed by atoms with E-state index in [-0.39, 0.29) is 6.42 Å². The van der Waals surface area contributed by atoms with E-state index in [0.717, 1.165) is 31.4 Å². The molecule has 3 heterocycles.